The fraction of sp³-hybridized carbons (Fsp3) is 0.150. The highest BCUT2D eigenvalue weighted by Gasteiger charge is 2.34. The van der Waals surface area contributed by atoms with Gasteiger partial charge in [0.05, 0.1) is 10.4 Å². The lowest BCUT2D eigenvalue weighted by molar-refractivity contribution is -0.124. The predicted octanol–water partition coefficient (Wildman–Crippen LogP) is 2.28. The fourth-order valence-electron chi connectivity index (χ4n) is 2.93. The fourth-order valence-corrected chi connectivity index (χ4v) is 3.79. The van der Waals surface area contributed by atoms with Crippen molar-refractivity contribution in [2.24, 2.45) is 0 Å². The lowest BCUT2D eigenvalue weighted by atomic mass is 10.2. The summed E-state index contributed by atoms with van der Waals surface area (Å²) in [5.41, 5.74) is 2.33. The van der Waals surface area contributed by atoms with E-state index in [1.54, 1.807) is 6.08 Å². The first-order valence-electron chi connectivity index (χ1n) is 8.97. The second-order valence-corrected chi connectivity index (χ2v) is 7.32. The Hall–Kier alpha value is -3.46. The highest BCUT2D eigenvalue weighted by molar-refractivity contribution is 8.18. The van der Waals surface area contributed by atoms with E-state index in [0.29, 0.717) is 10.4 Å². The normalized spacial score (nSPS) is 15.4. The van der Waals surface area contributed by atoms with Crippen molar-refractivity contribution in [2.75, 3.05) is 13.1 Å². The minimum absolute atomic E-state index is 0.0102. The van der Waals surface area contributed by atoms with E-state index < -0.39 is 0 Å². The van der Waals surface area contributed by atoms with Gasteiger partial charge in [-0.1, -0.05) is 47.7 Å². The van der Waals surface area contributed by atoms with Gasteiger partial charge in [-0.2, -0.15) is 0 Å². The highest BCUT2D eigenvalue weighted by Crippen LogP contribution is 2.31. The van der Waals surface area contributed by atoms with E-state index in [2.05, 4.69) is 15.6 Å². The van der Waals surface area contributed by atoms with E-state index in [4.69, 9.17) is 0 Å². The van der Waals surface area contributed by atoms with Gasteiger partial charge in [0.2, 0.25) is 5.91 Å². The first-order valence-corrected chi connectivity index (χ1v) is 9.79. The molecule has 1 aliphatic rings. The van der Waals surface area contributed by atoms with Crippen LogP contribution in [0, 0.1) is 0 Å². The molecule has 0 atom stereocenters. The quantitative estimate of drug-likeness (QED) is 0.630. The highest BCUT2D eigenvalue weighted by atomic mass is 32.2. The minimum Gasteiger partial charge on any atom is -0.353 e. The first-order chi connectivity index (χ1) is 14.1. The number of aromatic nitrogens is 3. The summed E-state index contributed by atoms with van der Waals surface area (Å²) in [5.74, 6) is -0.618. The maximum absolute atomic E-state index is 12.5. The molecule has 3 amide bonds. The van der Waals surface area contributed by atoms with E-state index in [0.717, 1.165) is 27.7 Å². The van der Waals surface area contributed by atoms with Gasteiger partial charge in [-0.25, -0.2) is 4.68 Å². The van der Waals surface area contributed by atoms with Crippen molar-refractivity contribution in [3.63, 3.8) is 0 Å². The van der Waals surface area contributed by atoms with Crippen LogP contribution in [0.25, 0.3) is 17.1 Å². The Kier molecular flexibility index (Phi) is 5.39. The average molecular weight is 407 g/mol. The molecule has 9 heteroatoms. The molecule has 0 unspecified atom stereocenters. The number of fused-ring (bicyclic) bond motifs is 1. The summed E-state index contributed by atoms with van der Waals surface area (Å²) in [7, 11) is 0. The predicted molar refractivity (Wildman–Crippen MR) is 110 cm³/mol. The largest absolute Gasteiger partial charge is 0.353 e. The Labute approximate surface area is 170 Å². The number of imide groups is 1. The van der Waals surface area contributed by atoms with Crippen molar-refractivity contribution in [1.82, 2.24) is 25.2 Å². The Bertz CT molecular complexity index is 1110. The van der Waals surface area contributed by atoms with E-state index in [9.17, 15) is 14.4 Å². The zero-order valence-corrected chi connectivity index (χ0v) is 16.1. The summed E-state index contributed by atoms with van der Waals surface area (Å²) in [5, 5.41) is 10.4. The number of amides is 3. The SMILES string of the molecule is O=C(Cn1nnc2ccccc21)NCCN1C(=O)S/C(=C\c2ccccc2)C1=O. The third-order valence-corrected chi connectivity index (χ3v) is 5.25. The molecule has 146 valence electrons. The Morgan fingerprint density at radius 3 is 2.66 bits per heavy atom. The summed E-state index contributed by atoms with van der Waals surface area (Å²) >= 11 is 0.904. The maximum Gasteiger partial charge on any atom is 0.293 e. The number of nitrogens with zero attached hydrogens (tertiary/aromatic N) is 4. The van der Waals surface area contributed by atoms with Gasteiger partial charge in [-0.05, 0) is 35.5 Å². The Morgan fingerprint density at radius 1 is 1.07 bits per heavy atom. The zero-order chi connectivity index (χ0) is 20.2. The molecule has 0 bridgehead atoms. The van der Waals surface area contributed by atoms with Crippen LogP contribution < -0.4 is 5.32 Å². The van der Waals surface area contributed by atoms with Gasteiger partial charge in [0.1, 0.15) is 12.1 Å². The Morgan fingerprint density at radius 2 is 1.83 bits per heavy atom. The first kappa shape index (κ1) is 18.9. The second kappa shape index (κ2) is 8.27. The molecule has 4 rings (SSSR count). The van der Waals surface area contributed by atoms with Crippen LogP contribution in [0.2, 0.25) is 0 Å². The minimum atomic E-state index is -0.347. The molecular weight excluding hydrogens is 390 g/mol. The van der Waals surface area contributed by atoms with Crippen LogP contribution in [-0.2, 0) is 16.1 Å². The van der Waals surface area contributed by atoms with Gasteiger partial charge >= 0.3 is 0 Å². The van der Waals surface area contributed by atoms with Gasteiger partial charge in [-0.15, -0.1) is 5.10 Å². The summed E-state index contributed by atoms with van der Waals surface area (Å²) < 4.78 is 1.51. The number of nitrogens with one attached hydrogen (secondary N) is 1. The van der Waals surface area contributed by atoms with Crippen LogP contribution in [0.1, 0.15) is 5.56 Å². The zero-order valence-electron chi connectivity index (χ0n) is 15.3. The van der Waals surface area contributed by atoms with Crippen LogP contribution in [0.15, 0.2) is 59.5 Å². The smallest absolute Gasteiger partial charge is 0.293 e. The number of benzene rings is 2. The second-order valence-electron chi connectivity index (χ2n) is 6.33. The third-order valence-electron chi connectivity index (χ3n) is 4.34. The summed E-state index contributed by atoms with van der Waals surface area (Å²) in [6.45, 7) is 0.291. The van der Waals surface area contributed by atoms with Gasteiger partial charge in [0, 0.05) is 13.1 Å². The average Bonchev–Trinajstić information content (AvgIpc) is 3.25. The molecule has 2 heterocycles. The molecule has 1 fully saturated rings. The molecule has 0 saturated carbocycles. The van der Waals surface area contributed by atoms with Crippen LogP contribution in [0.4, 0.5) is 4.79 Å². The summed E-state index contributed by atoms with van der Waals surface area (Å²) in [6.07, 6.45) is 1.69. The van der Waals surface area contributed by atoms with Crippen molar-refractivity contribution in [2.45, 2.75) is 6.54 Å². The molecule has 3 aromatic rings. The van der Waals surface area contributed by atoms with E-state index in [1.807, 2.05) is 54.6 Å². The molecule has 0 radical (unpaired) electrons. The van der Waals surface area contributed by atoms with Gasteiger partial charge in [0.15, 0.2) is 0 Å². The number of carbonyl (C=O) groups excluding carboxylic acids is 3. The molecule has 0 aliphatic carbocycles. The van der Waals surface area contributed by atoms with E-state index in [-0.39, 0.29) is 36.7 Å². The lowest BCUT2D eigenvalue weighted by Gasteiger charge is -2.13. The van der Waals surface area contributed by atoms with Crippen LogP contribution in [0.3, 0.4) is 0 Å². The Balaban J connectivity index is 1.32. The molecule has 2 aromatic carbocycles. The number of para-hydroxylation sites is 1. The molecule has 1 N–H and O–H groups in total. The van der Waals surface area contributed by atoms with E-state index in [1.165, 1.54) is 4.68 Å². The third kappa shape index (κ3) is 4.19. The number of hydrogen-bond donors (Lipinski definition) is 1. The summed E-state index contributed by atoms with van der Waals surface area (Å²) in [4.78, 5) is 38.3. The molecule has 1 saturated heterocycles. The maximum atomic E-state index is 12.5. The molecule has 29 heavy (non-hydrogen) atoms. The topological polar surface area (TPSA) is 97.2 Å². The number of hydrogen-bond acceptors (Lipinski definition) is 6. The van der Waals surface area contributed by atoms with Crippen molar-refractivity contribution in [1.29, 1.82) is 0 Å². The van der Waals surface area contributed by atoms with E-state index >= 15 is 0 Å². The monoisotopic (exact) mass is 407 g/mol. The van der Waals surface area contributed by atoms with Gasteiger partial charge in [-0.3, -0.25) is 19.3 Å². The lowest BCUT2D eigenvalue weighted by Crippen LogP contribution is -2.38. The number of carbonyl (C=O) groups is 3. The van der Waals surface area contributed by atoms with Crippen LogP contribution in [-0.4, -0.2) is 50.0 Å². The van der Waals surface area contributed by atoms with Crippen LogP contribution in [0.5, 0.6) is 0 Å². The van der Waals surface area contributed by atoms with Gasteiger partial charge in [0.25, 0.3) is 11.1 Å². The van der Waals surface area contributed by atoms with Crippen molar-refractivity contribution < 1.29 is 14.4 Å². The standard InChI is InChI=1S/C20H17N5O3S/c26-18(13-25-16-9-5-4-8-15(16)22-23-25)21-10-11-24-19(27)17(29-20(24)28)12-14-6-2-1-3-7-14/h1-9,12H,10-11,13H2,(H,21,26)/b17-12-. The van der Waals surface area contributed by atoms with Crippen molar-refractivity contribution >= 4 is 45.9 Å². The number of thioether (sulfide) groups is 1. The molecule has 8 nitrogen and oxygen atoms in total. The molecule has 0 spiro atoms. The van der Waals surface area contributed by atoms with Gasteiger partial charge < -0.3 is 5.32 Å². The van der Waals surface area contributed by atoms with Crippen molar-refractivity contribution in [3.8, 4) is 0 Å². The van der Waals surface area contributed by atoms with Crippen molar-refractivity contribution in [3.05, 3.63) is 65.1 Å². The molecular formula is C20H17N5O3S. The number of rotatable bonds is 6. The van der Waals surface area contributed by atoms with Crippen LogP contribution >= 0.6 is 11.8 Å². The molecule has 1 aromatic heterocycles. The molecule has 1 aliphatic heterocycles. The summed E-state index contributed by atoms with van der Waals surface area (Å²) in [6, 6.07) is 16.7.